The van der Waals surface area contributed by atoms with Crippen molar-refractivity contribution in [2.45, 2.75) is 18.7 Å². The monoisotopic (exact) mass is 435 g/mol. The number of halogens is 1. The number of methoxy groups -OCH3 is 1. The van der Waals surface area contributed by atoms with Crippen molar-refractivity contribution in [3.63, 3.8) is 0 Å². The molecular weight excluding hydrogens is 418 g/mol. The van der Waals surface area contributed by atoms with E-state index in [0.29, 0.717) is 28.5 Å². The van der Waals surface area contributed by atoms with E-state index < -0.39 is 11.2 Å². The summed E-state index contributed by atoms with van der Waals surface area (Å²) >= 11 is 6.04. The number of hydrogen-bond acceptors (Lipinski definition) is 6. The number of benzene rings is 3. The highest BCUT2D eigenvalue weighted by Crippen LogP contribution is 2.50. The first-order chi connectivity index (χ1) is 15.0. The lowest BCUT2D eigenvalue weighted by Gasteiger charge is -2.38. The van der Waals surface area contributed by atoms with E-state index in [-0.39, 0.29) is 11.7 Å². The van der Waals surface area contributed by atoms with Gasteiger partial charge in [-0.25, -0.2) is 5.01 Å². The Morgan fingerprint density at radius 1 is 1.16 bits per heavy atom. The molecule has 3 aromatic rings. The van der Waals surface area contributed by atoms with Gasteiger partial charge in [-0.2, -0.15) is 5.10 Å². The first-order valence-corrected chi connectivity index (χ1v) is 10.1. The Kier molecular flexibility index (Phi) is 4.75. The quantitative estimate of drug-likeness (QED) is 0.399. The van der Waals surface area contributed by atoms with Gasteiger partial charge in [0.2, 0.25) is 6.23 Å². The van der Waals surface area contributed by atoms with Crippen LogP contribution in [0.1, 0.15) is 35.4 Å². The molecule has 156 valence electrons. The van der Waals surface area contributed by atoms with Crippen LogP contribution in [0.4, 0.5) is 5.69 Å². The number of hydrogen-bond donors (Lipinski definition) is 0. The molecule has 0 amide bonds. The number of non-ortho nitro benzene ring substituents is 1. The molecule has 0 unspecified atom stereocenters. The van der Waals surface area contributed by atoms with Crippen molar-refractivity contribution in [1.82, 2.24) is 5.01 Å². The first-order valence-electron chi connectivity index (χ1n) is 9.75. The fourth-order valence-corrected chi connectivity index (χ4v) is 4.20. The average Bonchev–Trinajstić information content (AvgIpc) is 3.24. The zero-order chi connectivity index (χ0) is 21.5. The Labute approximate surface area is 183 Å². The van der Waals surface area contributed by atoms with Gasteiger partial charge < -0.3 is 9.47 Å². The summed E-state index contributed by atoms with van der Waals surface area (Å²) < 4.78 is 11.9. The van der Waals surface area contributed by atoms with E-state index >= 15 is 0 Å². The van der Waals surface area contributed by atoms with E-state index in [2.05, 4.69) is 0 Å². The van der Waals surface area contributed by atoms with Gasteiger partial charge >= 0.3 is 0 Å². The van der Waals surface area contributed by atoms with E-state index in [1.807, 2.05) is 53.5 Å². The van der Waals surface area contributed by atoms with Gasteiger partial charge in [0.05, 0.1) is 23.8 Å². The summed E-state index contributed by atoms with van der Waals surface area (Å²) in [6.45, 7) is 0. The lowest BCUT2D eigenvalue weighted by molar-refractivity contribution is -0.385. The van der Waals surface area contributed by atoms with Gasteiger partial charge in [-0.15, -0.1) is 0 Å². The van der Waals surface area contributed by atoms with Gasteiger partial charge in [-0.1, -0.05) is 48.0 Å². The second kappa shape index (κ2) is 7.59. The van der Waals surface area contributed by atoms with E-state index in [9.17, 15) is 10.1 Å². The van der Waals surface area contributed by atoms with Crippen molar-refractivity contribution in [2.75, 3.05) is 7.11 Å². The van der Waals surface area contributed by atoms with Crippen molar-refractivity contribution in [2.24, 2.45) is 5.10 Å². The van der Waals surface area contributed by atoms with E-state index in [4.69, 9.17) is 26.2 Å². The molecule has 0 aliphatic carbocycles. The minimum absolute atomic E-state index is 0.00424. The van der Waals surface area contributed by atoms with Crippen LogP contribution >= 0.6 is 11.6 Å². The van der Waals surface area contributed by atoms with Gasteiger partial charge in [-0.05, 0) is 23.8 Å². The van der Waals surface area contributed by atoms with Crippen LogP contribution in [0.5, 0.6) is 11.5 Å². The maximum Gasteiger partial charge on any atom is 0.269 e. The first kappa shape index (κ1) is 19.4. The SMILES string of the molecule is COc1cccc2c1O[C@@H](c1cccc([N+](=O)[O-])c1)N1N=C(c3ccc(Cl)cc3)C[C@@H]21. The Balaban J connectivity index is 1.62. The zero-order valence-corrected chi connectivity index (χ0v) is 17.3. The van der Waals surface area contributed by atoms with Crippen LogP contribution in [-0.2, 0) is 0 Å². The van der Waals surface area contributed by atoms with E-state index in [1.165, 1.54) is 12.1 Å². The normalized spacial score (nSPS) is 19.2. The number of nitro benzene ring substituents is 1. The molecule has 7 nitrogen and oxygen atoms in total. The van der Waals surface area contributed by atoms with Gasteiger partial charge in [-0.3, -0.25) is 10.1 Å². The third kappa shape index (κ3) is 3.37. The highest BCUT2D eigenvalue weighted by Gasteiger charge is 2.42. The second-order valence-corrected chi connectivity index (χ2v) is 7.79. The van der Waals surface area contributed by atoms with Crippen molar-refractivity contribution >= 4 is 23.0 Å². The van der Waals surface area contributed by atoms with E-state index in [0.717, 1.165) is 16.8 Å². The Hall–Kier alpha value is -3.58. The highest BCUT2D eigenvalue weighted by atomic mass is 35.5. The van der Waals surface area contributed by atoms with Crippen LogP contribution in [0.2, 0.25) is 5.02 Å². The lowest BCUT2D eigenvalue weighted by atomic mass is 9.95. The van der Waals surface area contributed by atoms with Crippen LogP contribution < -0.4 is 9.47 Å². The summed E-state index contributed by atoms with van der Waals surface area (Å²) in [6, 6.07) is 19.7. The third-order valence-corrected chi connectivity index (χ3v) is 5.80. The van der Waals surface area contributed by atoms with Crippen molar-refractivity contribution < 1.29 is 14.4 Å². The van der Waals surface area contributed by atoms with Gasteiger partial charge in [0.1, 0.15) is 0 Å². The molecule has 8 heteroatoms. The van der Waals surface area contributed by atoms with E-state index in [1.54, 1.807) is 13.2 Å². The van der Waals surface area contributed by atoms with Gasteiger partial charge in [0.15, 0.2) is 11.5 Å². The number of hydrazone groups is 1. The predicted octanol–water partition coefficient (Wildman–Crippen LogP) is 5.50. The van der Waals surface area contributed by atoms with Crippen molar-refractivity contribution in [3.8, 4) is 11.5 Å². The molecule has 2 aliphatic heterocycles. The summed E-state index contributed by atoms with van der Waals surface area (Å²) in [7, 11) is 1.60. The lowest BCUT2D eigenvalue weighted by Crippen LogP contribution is -2.33. The van der Waals surface area contributed by atoms with Crippen molar-refractivity contribution in [3.05, 3.63) is 98.6 Å². The number of nitrogens with zero attached hydrogens (tertiary/aromatic N) is 3. The Bertz CT molecular complexity index is 1200. The van der Waals surface area contributed by atoms with Crippen LogP contribution in [0.25, 0.3) is 0 Å². The molecule has 0 saturated carbocycles. The maximum atomic E-state index is 11.3. The number of para-hydroxylation sites is 1. The van der Waals surface area contributed by atoms with Crippen LogP contribution in [0.3, 0.4) is 0 Å². The fourth-order valence-electron chi connectivity index (χ4n) is 4.07. The predicted molar refractivity (Wildman–Crippen MR) is 117 cm³/mol. The van der Waals surface area contributed by atoms with Gasteiger partial charge in [0, 0.05) is 34.7 Å². The zero-order valence-electron chi connectivity index (χ0n) is 16.6. The maximum absolute atomic E-state index is 11.3. The molecule has 0 fully saturated rings. The molecule has 0 spiro atoms. The standard InChI is InChI=1S/C23H18ClN3O4/c1-30-21-7-3-6-18-20-13-19(14-8-10-16(24)11-9-14)25-26(20)23(31-22(18)21)15-4-2-5-17(12-15)27(28)29/h2-12,20,23H,13H2,1H3/t20-,23-/m0/s1. The molecule has 0 N–H and O–H groups in total. The molecule has 3 aromatic carbocycles. The molecule has 2 atom stereocenters. The van der Waals surface area contributed by atoms with Crippen LogP contribution in [0.15, 0.2) is 71.8 Å². The van der Waals surface area contributed by atoms with Crippen LogP contribution in [0, 0.1) is 10.1 Å². The van der Waals surface area contributed by atoms with Crippen molar-refractivity contribution in [1.29, 1.82) is 0 Å². The number of fused-ring (bicyclic) bond motifs is 3. The molecule has 31 heavy (non-hydrogen) atoms. The topological polar surface area (TPSA) is 77.2 Å². The average molecular weight is 436 g/mol. The molecule has 0 saturated heterocycles. The molecule has 5 rings (SSSR count). The largest absolute Gasteiger partial charge is 0.493 e. The minimum Gasteiger partial charge on any atom is -0.493 e. The number of ether oxygens (including phenoxy) is 2. The molecule has 0 aromatic heterocycles. The van der Waals surface area contributed by atoms with Crippen LogP contribution in [-0.4, -0.2) is 22.8 Å². The Morgan fingerprint density at radius 3 is 2.68 bits per heavy atom. The summed E-state index contributed by atoms with van der Waals surface area (Å²) in [5.74, 6) is 1.25. The summed E-state index contributed by atoms with van der Waals surface area (Å²) in [5, 5.41) is 18.7. The highest BCUT2D eigenvalue weighted by molar-refractivity contribution is 6.30. The minimum atomic E-state index is -0.626. The smallest absolute Gasteiger partial charge is 0.269 e. The fraction of sp³-hybridized carbons (Fsp3) is 0.174. The Morgan fingerprint density at radius 2 is 1.94 bits per heavy atom. The molecule has 0 bridgehead atoms. The second-order valence-electron chi connectivity index (χ2n) is 7.35. The van der Waals surface area contributed by atoms with Gasteiger partial charge in [0.25, 0.3) is 5.69 Å². The molecular formula is C23H18ClN3O4. The summed E-state index contributed by atoms with van der Waals surface area (Å²) in [6.07, 6.45) is 0.0369. The molecule has 0 radical (unpaired) electrons. The number of rotatable bonds is 4. The molecule has 2 heterocycles. The number of nitro groups is 1. The summed E-state index contributed by atoms with van der Waals surface area (Å²) in [4.78, 5) is 10.9. The molecule has 2 aliphatic rings. The summed E-state index contributed by atoms with van der Waals surface area (Å²) in [5.41, 5.74) is 3.49. The third-order valence-electron chi connectivity index (χ3n) is 5.54.